The highest BCUT2D eigenvalue weighted by molar-refractivity contribution is 6.42. The van der Waals surface area contributed by atoms with Crippen LogP contribution in [0.2, 0.25) is 10.0 Å². The van der Waals surface area contributed by atoms with Crippen LogP contribution in [0.5, 0.6) is 0 Å². The van der Waals surface area contributed by atoms with Gasteiger partial charge in [-0.15, -0.1) is 0 Å². The van der Waals surface area contributed by atoms with Crippen molar-refractivity contribution in [3.05, 3.63) is 95.0 Å². The molecule has 0 spiro atoms. The van der Waals surface area contributed by atoms with Gasteiger partial charge in [-0.2, -0.15) is 0 Å². The van der Waals surface area contributed by atoms with Gasteiger partial charge in [0.15, 0.2) is 0 Å². The van der Waals surface area contributed by atoms with Crippen molar-refractivity contribution in [2.75, 3.05) is 0 Å². The zero-order valence-corrected chi connectivity index (χ0v) is 12.4. The molecular formula is C18H14Cl2. The SMILES string of the molecule is Clc1ccc(-c2ccccc2)cc1Cl.c1ccccc1. The molecule has 0 aromatic heterocycles. The van der Waals surface area contributed by atoms with E-state index in [-0.39, 0.29) is 0 Å². The molecule has 0 aliphatic heterocycles. The third-order valence-electron chi connectivity index (χ3n) is 2.69. The second kappa shape index (κ2) is 7.74. The fourth-order valence-corrected chi connectivity index (χ4v) is 1.99. The van der Waals surface area contributed by atoms with E-state index in [9.17, 15) is 0 Å². The number of hydrogen-bond donors (Lipinski definition) is 0. The third kappa shape index (κ3) is 4.41. The van der Waals surface area contributed by atoms with E-state index in [2.05, 4.69) is 0 Å². The van der Waals surface area contributed by atoms with Gasteiger partial charge in [0.1, 0.15) is 0 Å². The average Bonchev–Trinajstić information content (AvgIpc) is 2.53. The van der Waals surface area contributed by atoms with Crippen LogP contribution in [0, 0.1) is 0 Å². The van der Waals surface area contributed by atoms with Crippen LogP contribution < -0.4 is 0 Å². The Bertz CT molecular complexity index is 607. The number of hydrogen-bond acceptors (Lipinski definition) is 0. The maximum absolute atomic E-state index is 5.93. The molecule has 0 fully saturated rings. The fourth-order valence-electron chi connectivity index (χ4n) is 1.69. The zero-order chi connectivity index (χ0) is 14.2. The van der Waals surface area contributed by atoms with Gasteiger partial charge < -0.3 is 0 Å². The summed E-state index contributed by atoms with van der Waals surface area (Å²) >= 11 is 11.8. The summed E-state index contributed by atoms with van der Waals surface area (Å²) in [5.74, 6) is 0. The van der Waals surface area contributed by atoms with Gasteiger partial charge in [-0.25, -0.2) is 0 Å². The van der Waals surface area contributed by atoms with Crippen molar-refractivity contribution < 1.29 is 0 Å². The van der Waals surface area contributed by atoms with Crippen molar-refractivity contribution in [3.8, 4) is 11.1 Å². The molecule has 3 rings (SSSR count). The quantitative estimate of drug-likeness (QED) is 0.491. The van der Waals surface area contributed by atoms with Crippen LogP contribution in [-0.2, 0) is 0 Å². The first-order chi connectivity index (χ1) is 9.77. The average molecular weight is 301 g/mol. The molecule has 0 heterocycles. The van der Waals surface area contributed by atoms with Gasteiger partial charge in [-0.05, 0) is 23.3 Å². The highest BCUT2D eigenvalue weighted by atomic mass is 35.5. The van der Waals surface area contributed by atoms with Crippen LogP contribution in [0.25, 0.3) is 11.1 Å². The van der Waals surface area contributed by atoms with E-state index in [4.69, 9.17) is 23.2 Å². The summed E-state index contributed by atoms with van der Waals surface area (Å²) in [7, 11) is 0. The number of halogens is 2. The van der Waals surface area contributed by atoms with Crippen molar-refractivity contribution >= 4 is 23.2 Å². The first-order valence-electron chi connectivity index (χ1n) is 6.28. The molecule has 3 aromatic rings. The predicted molar refractivity (Wildman–Crippen MR) is 88.3 cm³/mol. The largest absolute Gasteiger partial charge is 0.0827 e. The Morgan fingerprint density at radius 3 is 1.45 bits per heavy atom. The molecule has 0 saturated heterocycles. The molecule has 0 saturated carbocycles. The molecule has 3 aromatic carbocycles. The molecule has 20 heavy (non-hydrogen) atoms. The summed E-state index contributed by atoms with van der Waals surface area (Å²) in [6.07, 6.45) is 0. The summed E-state index contributed by atoms with van der Waals surface area (Å²) in [6, 6.07) is 27.7. The standard InChI is InChI=1S/C12H8Cl2.C6H6/c13-11-7-6-10(8-12(11)14)9-4-2-1-3-5-9;1-2-4-6-5-3-1/h1-8H;1-6H. The first-order valence-corrected chi connectivity index (χ1v) is 7.03. The minimum absolute atomic E-state index is 0.589. The number of benzene rings is 3. The lowest BCUT2D eigenvalue weighted by molar-refractivity contribution is 1.62. The lowest BCUT2D eigenvalue weighted by atomic mass is 10.1. The summed E-state index contributed by atoms with van der Waals surface area (Å²) in [5.41, 5.74) is 2.23. The van der Waals surface area contributed by atoms with Gasteiger partial charge in [-0.1, -0.05) is 96.0 Å². The first kappa shape index (κ1) is 14.6. The van der Waals surface area contributed by atoms with Gasteiger partial charge in [0.2, 0.25) is 0 Å². The van der Waals surface area contributed by atoms with Crippen molar-refractivity contribution in [2.24, 2.45) is 0 Å². The minimum atomic E-state index is 0.589. The second-order valence-corrected chi connectivity index (χ2v) is 4.96. The van der Waals surface area contributed by atoms with Crippen LogP contribution in [0.15, 0.2) is 84.9 Å². The van der Waals surface area contributed by atoms with E-state index < -0.39 is 0 Å². The smallest absolute Gasteiger partial charge is 0.0598 e. The third-order valence-corrected chi connectivity index (χ3v) is 3.43. The lowest BCUT2D eigenvalue weighted by Crippen LogP contribution is -1.77. The van der Waals surface area contributed by atoms with Gasteiger partial charge in [0.25, 0.3) is 0 Å². The zero-order valence-electron chi connectivity index (χ0n) is 10.8. The Morgan fingerprint density at radius 2 is 0.950 bits per heavy atom. The van der Waals surface area contributed by atoms with Crippen molar-refractivity contribution in [2.45, 2.75) is 0 Å². The van der Waals surface area contributed by atoms with Crippen molar-refractivity contribution in [3.63, 3.8) is 0 Å². The van der Waals surface area contributed by atoms with Gasteiger partial charge in [-0.3, -0.25) is 0 Å². The molecule has 0 amide bonds. The molecule has 0 aliphatic rings. The normalized spacial score (nSPS) is 9.50. The highest BCUT2D eigenvalue weighted by Crippen LogP contribution is 2.28. The lowest BCUT2D eigenvalue weighted by Gasteiger charge is -2.02. The van der Waals surface area contributed by atoms with Crippen LogP contribution in [0.4, 0.5) is 0 Å². The maximum atomic E-state index is 5.93. The molecule has 100 valence electrons. The highest BCUT2D eigenvalue weighted by Gasteiger charge is 2.00. The monoisotopic (exact) mass is 300 g/mol. The summed E-state index contributed by atoms with van der Waals surface area (Å²) < 4.78 is 0. The van der Waals surface area contributed by atoms with Crippen molar-refractivity contribution in [1.82, 2.24) is 0 Å². The van der Waals surface area contributed by atoms with Gasteiger partial charge in [0, 0.05) is 0 Å². The van der Waals surface area contributed by atoms with E-state index in [1.807, 2.05) is 84.9 Å². The summed E-state index contributed by atoms with van der Waals surface area (Å²) in [5, 5.41) is 1.18. The molecule has 0 nitrogen and oxygen atoms in total. The van der Waals surface area contributed by atoms with Crippen LogP contribution in [0.3, 0.4) is 0 Å². The van der Waals surface area contributed by atoms with Crippen LogP contribution >= 0.6 is 23.2 Å². The van der Waals surface area contributed by atoms with Crippen LogP contribution in [-0.4, -0.2) is 0 Å². The predicted octanol–water partition coefficient (Wildman–Crippen LogP) is 6.35. The summed E-state index contributed by atoms with van der Waals surface area (Å²) in [4.78, 5) is 0. The topological polar surface area (TPSA) is 0 Å². The van der Waals surface area contributed by atoms with E-state index >= 15 is 0 Å². The Labute approximate surface area is 129 Å². The number of rotatable bonds is 1. The van der Waals surface area contributed by atoms with Crippen molar-refractivity contribution in [1.29, 1.82) is 0 Å². The summed E-state index contributed by atoms with van der Waals surface area (Å²) in [6.45, 7) is 0. The second-order valence-electron chi connectivity index (χ2n) is 4.15. The Morgan fingerprint density at radius 1 is 0.450 bits per heavy atom. The maximum Gasteiger partial charge on any atom is 0.0598 e. The Kier molecular flexibility index (Phi) is 5.67. The fraction of sp³-hybridized carbons (Fsp3) is 0. The van der Waals surface area contributed by atoms with E-state index in [1.54, 1.807) is 0 Å². The van der Waals surface area contributed by atoms with Crippen LogP contribution in [0.1, 0.15) is 0 Å². The van der Waals surface area contributed by atoms with E-state index in [1.165, 1.54) is 0 Å². The molecule has 0 N–H and O–H groups in total. The molecule has 2 heteroatoms. The Balaban J connectivity index is 0.000000205. The van der Waals surface area contributed by atoms with Gasteiger partial charge >= 0.3 is 0 Å². The Hall–Kier alpha value is -1.76. The van der Waals surface area contributed by atoms with Gasteiger partial charge in [0.05, 0.1) is 10.0 Å². The van der Waals surface area contributed by atoms with E-state index in [0.717, 1.165) is 11.1 Å². The molecule has 0 radical (unpaired) electrons. The molecular weight excluding hydrogens is 287 g/mol. The molecule has 0 unspecified atom stereocenters. The molecule has 0 atom stereocenters. The molecule has 0 aliphatic carbocycles. The molecule has 0 bridgehead atoms. The van der Waals surface area contributed by atoms with E-state index in [0.29, 0.717) is 10.0 Å². The minimum Gasteiger partial charge on any atom is -0.0827 e.